The molecule has 0 spiro atoms. The molecule has 2 aromatic heterocycles. The Hall–Kier alpha value is -1.75. The summed E-state index contributed by atoms with van der Waals surface area (Å²) < 4.78 is 9.55. The van der Waals surface area contributed by atoms with Crippen molar-refractivity contribution in [1.29, 1.82) is 0 Å². The monoisotopic (exact) mass is 219 g/mol. The molecule has 0 aliphatic carbocycles. The van der Waals surface area contributed by atoms with Crippen LogP contribution in [0, 0.1) is 0 Å². The van der Waals surface area contributed by atoms with Crippen molar-refractivity contribution in [1.82, 2.24) is 19.7 Å². The largest absolute Gasteiger partial charge is 0.390 e. The smallest absolute Gasteiger partial charge is 0.112 e. The molecule has 5 nitrogen and oxygen atoms in total. The molecule has 0 saturated carbocycles. The summed E-state index contributed by atoms with van der Waals surface area (Å²) in [5.74, 6) is 0. The SMILES string of the molecule is [2H]C(C)(C)n1nccc1-c1nccnc1CO. The van der Waals surface area contributed by atoms with Gasteiger partial charge in [0.15, 0.2) is 0 Å². The maximum atomic E-state index is 9.23. The third kappa shape index (κ3) is 1.81. The van der Waals surface area contributed by atoms with Gasteiger partial charge < -0.3 is 5.11 Å². The van der Waals surface area contributed by atoms with Crippen molar-refractivity contribution >= 4 is 0 Å². The minimum absolute atomic E-state index is 0.188. The number of aromatic nitrogens is 4. The molecule has 0 atom stereocenters. The van der Waals surface area contributed by atoms with Crippen molar-refractivity contribution in [2.45, 2.75) is 26.5 Å². The number of rotatable bonds is 3. The van der Waals surface area contributed by atoms with Crippen LogP contribution in [0.2, 0.25) is 0 Å². The number of nitrogens with zero attached hydrogens (tertiary/aromatic N) is 4. The lowest BCUT2D eigenvalue weighted by molar-refractivity contribution is 0.277. The van der Waals surface area contributed by atoms with Crippen LogP contribution in [0.15, 0.2) is 24.7 Å². The van der Waals surface area contributed by atoms with Crippen LogP contribution in [0.3, 0.4) is 0 Å². The number of hydrogen-bond donors (Lipinski definition) is 1. The maximum absolute atomic E-state index is 9.23. The van der Waals surface area contributed by atoms with Crippen LogP contribution >= 0.6 is 0 Å². The van der Waals surface area contributed by atoms with Crippen LogP contribution in [0.25, 0.3) is 11.4 Å². The predicted molar refractivity (Wildman–Crippen MR) is 59.6 cm³/mol. The van der Waals surface area contributed by atoms with Gasteiger partial charge in [-0.3, -0.25) is 14.6 Å². The molecular formula is C11H14N4O. The van der Waals surface area contributed by atoms with E-state index in [2.05, 4.69) is 15.1 Å². The highest BCUT2D eigenvalue weighted by Gasteiger charge is 2.13. The standard InChI is InChI=1S/C11H14N4O/c1-8(2)15-10(3-4-14-15)11-9(7-16)12-5-6-13-11/h3-6,8,16H,7H2,1-2H3/i8D. The Balaban J connectivity index is 2.58. The van der Waals surface area contributed by atoms with Crippen LogP contribution in [0.5, 0.6) is 0 Å². The van der Waals surface area contributed by atoms with Gasteiger partial charge in [0.05, 0.1) is 19.4 Å². The number of hydrogen-bond acceptors (Lipinski definition) is 4. The van der Waals surface area contributed by atoms with Gasteiger partial charge in [-0.1, -0.05) is 0 Å². The molecule has 0 aromatic carbocycles. The van der Waals surface area contributed by atoms with Gasteiger partial charge in [-0.2, -0.15) is 5.10 Å². The number of aliphatic hydroxyl groups is 1. The Morgan fingerprint density at radius 3 is 2.81 bits per heavy atom. The summed E-state index contributed by atoms with van der Waals surface area (Å²) in [6.45, 7) is 3.28. The van der Waals surface area contributed by atoms with E-state index >= 15 is 0 Å². The molecule has 84 valence electrons. The van der Waals surface area contributed by atoms with Gasteiger partial charge in [0.2, 0.25) is 0 Å². The van der Waals surface area contributed by atoms with Crippen molar-refractivity contribution in [3.8, 4) is 11.4 Å². The maximum Gasteiger partial charge on any atom is 0.112 e. The average molecular weight is 219 g/mol. The van der Waals surface area contributed by atoms with Gasteiger partial charge in [-0.05, 0) is 19.9 Å². The van der Waals surface area contributed by atoms with E-state index < -0.39 is 6.02 Å². The molecule has 16 heavy (non-hydrogen) atoms. The van der Waals surface area contributed by atoms with Gasteiger partial charge in [-0.15, -0.1) is 0 Å². The summed E-state index contributed by atoms with van der Waals surface area (Å²) in [6.07, 6.45) is 4.70. The summed E-state index contributed by atoms with van der Waals surface area (Å²) in [7, 11) is 0. The molecule has 2 rings (SSSR count). The van der Waals surface area contributed by atoms with Gasteiger partial charge in [0.1, 0.15) is 5.69 Å². The molecule has 0 saturated heterocycles. The normalized spacial score (nSPS) is 12.6. The van der Waals surface area contributed by atoms with Crippen LogP contribution in [0.1, 0.15) is 26.9 Å². The average Bonchev–Trinajstić information content (AvgIpc) is 2.77. The highest BCUT2D eigenvalue weighted by molar-refractivity contribution is 5.56. The molecule has 0 aliphatic heterocycles. The molecule has 0 fully saturated rings. The van der Waals surface area contributed by atoms with Crippen molar-refractivity contribution in [2.75, 3.05) is 0 Å². The zero-order valence-electron chi connectivity index (χ0n) is 10.3. The number of aliphatic hydroxyl groups excluding tert-OH is 1. The minimum Gasteiger partial charge on any atom is -0.390 e. The Morgan fingerprint density at radius 1 is 1.38 bits per heavy atom. The van der Waals surface area contributed by atoms with Gasteiger partial charge in [-0.25, -0.2) is 0 Å². The molecule has 0 radical (unpaired) electrons. The Morgan fingerprint density at radius 2 is 2.12 bits per heavy atom. The second-order valence-electron chi connectivity index (χ2n) is 3.59. The molecule has 2 aromatic rings. The molecule has 0 unspecified atom stereocenters. The molecule has 5 heteroatoms. The zero-order chi connectivity index (χ0) is 12.5. The van der Waals surface area contributed by atoms with Crippen molar-refractivity contribution < 1.29 is 6.48 Å². The van der Waals surface area contributed by atoms with E-state index in [9.17, 15) is 5.11 Å². The second kappa shape index (κ2) is 4.40. The van der Waals surface area contributed by atoms with E-state index in [0.717, 1.165) is 0 Å². The molecule has 0 aliphatic rings. The quantitative estimate of drug-likeness (QED) is 0.847. The highest BCUT2D eigenvalue weighted by atomic mass is 16.3. The fraction of sp³-hybridized carbons (Fsp3) is 0.364. The minimum atomic E-state index is -0.886. The Bertz CT molecular complexity index is 518. The second-order valence-corrected chi connectivity index (χ2v) is 3.59. The van der Waals surface area contributed by atoms with Crippen LogP contribution in [-0.2, 0) is 6.61 Å². The molecule has 2 heterocycles. The Kier molecular flexibility index (Phi) is 2.61. The first-order valence-electron chi connectivity index (χ1n) is 5.49. The lowest BCUT2D eigenvalue weighted by Crippen LogP contribution is -2.07. The topological polar surface area (TPSA) is 63.8 Å². The summed E-state index contributed by atoms with van der Waals surface area (Å²) in [5, 5.41) is 13.4. The van der Waals surface area contributed by atoms with E-state index in [1.165, 1.54) is 6.20 Å². The zero-order valence-corrected chi connectivity index (χ0v) is 9.25. The van der Waals surface area contributed by atoms with Gasteiger partial charge in [0, 0.05) is 24.6 Å². The predicted octanol–water partition coefficient (Wildman–Crippen LogP) is 1.41. The first-order chi connectivity index (χ1) is 8.04. The summed E-state index contributed by atoms with van der Waals surface area (Å²) in [4.78, 5) is 8.26. The fourth-order valence-electron chi connectivity index (χ4n) is 1.54. The highest BCUT2D eigenvalue weighted by Crippen LogP contribution is 2.21. The summed E-state index contributed by atoms with van der Waals surface area (Å²) in [5.41, 5.74) is 1.73. The first kappa shape index (κ1) is 9.47. The third-order valence-electron chi connectivity index (χ3n) is 2.23. The van der Waals surface area contributed by atoms with Crippen molar-refractivity contribution in [2.24, 2.45) is 0 Å². The van der Waals surface area contributed by atoms with Crippen molar-refractivity contribution in [3.63, 3.8) is 0 Å². The molecule has 0 amide bonds. The van der Waals surface area contributed by atoms with E-state index in [1.54, 1.807) is 37.0 Å². The van der Waals surface area contributed by atoms with Crippen LogP contribution in [-0.4, -0.2) is 24.9 Å². The lowest BCUT2D eigenvalue weighted by Gasteiger charge is -2.11. The summed E-state index contributed by atoms with van der Waals surface area (Å²) >= 11 is 0. The van der Waals surface area contributed by atoms with Gasteiger partial charge >= 0.3 is 0 Å². The summed E-state index contributed by atoms with van der Waals surface area (Å²) in [6, 6.07) is 0.878. The van der Waals surface area contributed by atoms with E-state index in [1.807, 2.05) is 0 Å². The van der Waals surface area contributed by atoms with Crippen LogP contribution in [0.4, 0.5) is 0 Å². The lowest BCUT2D eigenvalue weighted by atomic mass is 10.2. The first-order valence-corrected chi connectivity index (χ1v) is 4.99. The van der Waals surface area contributed by atoms with Crippen LogP contribution < -0.4 is 0 Å². The van der Waals surface area contributed by atoms with E-state index in [-0.39, 0.29) is 6.61 Å². The molecular weight excluding hydrogens is 204 g/mol. The van der Waals surface area contributed by atoms with E-state index in [4.69, 9.17) is 1.37 Å². The third-order valence-corrected chi connectivity index (χ3v) is 2.23. The van der Waals surface area contributed by atoms with Crippen molar-refractivity contribution in [3.05, 3.63) is 30.4 Å². The molecule has 0 bridgehead atoms. The Labute approximate surface area is 95.2 Å². The molecule has 1 N–H and O–H groups in total. The van der Waals surface area contributed by atoms with Gasteiger partial charge in [0.25, 0.3) is 0 Å². The fourth-order valence-corrected chi connectivity index (χ4v) is 1.54. The van der Waals surface area contributed by atoms with E-state index in [0.29, 0.717) is 17.1 Å².